The van der Waals surface area contributed by atoms with Crippen molar-refractivity contribution in [3.63, 3.8) is 0 Å². The standard InChI is InChI=1S/C30H39N5O2/c1-3-31-28(36)23-12-14-25(15-13-23)35-27-19-22(20-34-17-5-4-6-18-34)9-16-26(27)32-30(35)33-29(37)24-10-7-21(2)8-11-24/h7-11,16,19,23,25H,3-6,12-15,17-18,20H2,1-2H3,(H,31,36)(H,32,33,37)/t23-,25+. The summed E-state index contributed by atoms with van der Waals surface area (Å²) in [5.74, 6) is 0.665. The van der Waals surface area contributed by atoms with E-state index in [0.29, 0.717) is 18.1 Å². The fraction of sp³-hybridized carbons (Fsp3) is 0.500. The molecular formula is C30H39N5O2. The van der Waals surface area contributed by atoms with Crippen LogP contribution in [0.3, 0.4) is 0 Å². The molecule has 7 nitrogen and oxygen atoms in total. The number of nitrogens with one attached hydrogen (secondary N) is 2. The van der Waals surface area contributed by atoms with Crippen molar-refractivity contribution in [3.8, 4) is 0 Å². The molecule has 1 aliphatic carbocycles. The van der Waals surface area contributed by atoms with E-state index in [2.05, 4.69) is 38.3 Å². The predicted molar refractivity (Wildman–Crippen MR) is 148 cm³/mol. The molecule has 0 radical (unpaired) electrons. The van der Waals surface area contributed by atoms with Crippen LogP contribution < -0.4 is 10.6 Å². The lowest BCUT2D eigenvalue weighted by Crippen LogP contribution is -2.33. The monoisotopic (exact) mass is 501 g/mol. The fourth-order valence-corrected chi connectivity index (χ4v) is 5.86. The van der Waals surface area contributed by atoms with Gasteiger partial charge in [-0.25, -0.2) is 4.98 Å². The maximum Gasteiger partial charge on any atom is 0.257 e. The van der Waals surface area contributed by atoms with Crippen molar-refractivity contribution in [2.45, 2.75) is 71.4 Å². The van der Waals surface area contributed by atoms with Crippen molar-refractivity contribution >= 4 is 28.8 Å². The van der Waals surface area contributed by atoms with Crippen LogP contribution in [0.5, 0.6) is 0 Å². The van der Waals surface area contributed by atoms with E-state index >= 15 is 0 Å². The molecule has 2 aromatic carbocycles. The van der Waals surface area contributed by atoms with E-state index in [1.807, 2.05) is 38.1 Å². The van der Waals surface area contributed by atoms with Gasteiger partial charge in [0.15, 0.2) is 0 Å². The first-order valence-corrected chi connectivity index (χ1v) is 13.9. The van der Waals surface area contributed by atoms with Gasteiger partial charge in [0.1, 0.15) is 0 Å². The summed E-state index contributed by atoms with van der Waals surface area (Å²) in [4.78, 5) is 33.0. The highest BCUT2D eigenvalue weighted by Crippen LogP contribution is 2.37. The third kappa shape index (κ3) is 5.87. The Morgan fingerprint density at radius 2 is 1.70 bits per heavy atom. The minimum Gasteiger partial charge on any atom is -0.356 e. The lowest BCUT2D eigenvalue weighted by molar-refractivity contribution is -0.126. The van der Waals surface area contributed by atoms with Crippen LogP contribution in [0.4, 0.5) is 5.95 Å². The second-order valence-electron chi connectivity index (χ2n) is 10.7. The highest BCUT2D eigenvalue weighted by Gasteiger charge is 2.30. The summed E-state index contributed by atoms with van der Waals surface area (Å²) in [6.07, 6.45) is 7.32. The zero-order valence-electron chi connectivity index (χ0n) is 22.1. The van der Waals surface area contributed by atoms with Crippen LogP contribution in [0.2, 0.25) is 0 Å². The number of nitrogens with zero attached hydrogens (tertiary/aromatic N) is 3. The van der Waals surface area contributed by atoms with Gasteiger partial charge in [-0.15, -0.1) is 0 Å². The second-order valence-corrected chi connectivity index (χ2v) is 10.7. The number of imidazole rings is 1. The Bertz CT molecular complexity index is 1230. The Kier molecular flexibility index (Phi) is 7.89. The topological polar surface area (TPSA) is 79.3 Å². The van der Waals surface area contributed by atoms with Crippen molar-refractivity contribution in [2.24, 2.45) is 5.92 Å². The van der Waals surface area contributed by atoms with E-state index in [1.165, 1.54) is 24.8 Å². The number of aryl methyl sites for hydroxylation is 1. The molecule has 2 aliphatic rings. The van der Waals surface area contributed by atoms with Crippen LogP contribution in [0.15, 0.2) is 42.5 Å². The maximum atomic E-state index is 13.2. The largest absolute Gasteiger partial charge is 0.356 e. The van der Waals surface area contributed by atoms with E-state index in [4.69, 9.17) is 4.98 Å². The predicted octanol–water partition coefficient (Wildman–Crippen LogP) is 5.45. The van der Waals surface area contributed by atoms with E-state index < -0.39 is 0 Å². The highest BCUT2D eigenvalue weighted by atomic mass is 16.2. The van der Waals surface area contributed by atoms with Crippen LogP contribution in [0.25, 0.3) is 11.0 Å². The molecule has 0 spiro atoms. The molecule has 1 aliphatic heterocycles. The van der Waals surface area contributed by atoms with Crippen molar-refractivity contribution in [2.75, 3.05) is 25.0 Å². The first-order valence-electron chi connectivity index (χ1n) is 13.9. The Balaban J connectivity index is 1.44. The van der Waals surface area contributed by atoms with E-state index in [9.17, 15) is 9.59 Å². The minimum absolute atomic E-state index is 0.0613. The Labute approximate surface area is 219 Å². The number of hydrogen-bond acceptors (Lipinski definition) is 4. The average Bonchev–Trinajstić information content (AvgIpc) is 3.27. The first kappa shape index (κ1) is 25.5. The Morgan fingerprint density at radius 1 is 0.973 bits per heavy atom. The summed E-state index contributed by atoms with van der Waals surface area (Å²) in [5.41, 5.74) is 4.98. The van der Waals surface area contributed by atoms with Gasteiger partial charge in [-0.3, -0.25) is 19.8 Å². The molecule has 37 heavy (non-hydrogen) atoms. The van der Waals surface area contributed by atoms with Gasteiger partial charge in [0.2, 0.25) is 11.9 Å². The van der Waals surface area contributed by atoms with Crippen molar-refractivity contribution in [3.05, 3.63) is 59.2 Å². The fourth-order valence-electron chi connectivity index (χ4n) is 5.86. The lowest BCUT2D eigenvalue weighted by atomic mass is 9.85. The maximum absolute atomic E-state index is 13.2. The van der Waals surface area contributed by atoms with Gasteiger partial charge in [0.25, 0.3) is 5.91 Å². The molecule has 1 saturated heterocycles. The van der Waals surface area contributed by atoms with Crippen LogP contribution in [-0.2, 0) is 11.3 Å². The van der Waals surface area contributed by atoms with Gasteiger partial charge in [-0.05, 0) is 95.3 Å². The normalized spacial score (nSPS) is 20.6. The molecule has 3 aromatic rings. The average molecular weight is 502 g/mol. The number of hydrogen-bond donors (Lipinski definition) is 2. The lowest BCUT2D eigenvalue weighted by Gasteiger charge is -2.30. The van der Waals surface area contributed by atoms with Gasteiger partial charge in [-0.1, -0.05) is 30.2 Å². The minimum atomic E-state index is -0.152. The number of anilines is 1. The first-order chi connectivity index (χ1) is 18.0. The zero-order chi connectivity index (χ0) is 25.8. The summed E-state index contributed by atoms with van der Waals surface area (Å²) in [7, 11) is 0. The quantitative estimate of drug-likeness (QED) is 0.451. The second kappa shape index (κ2) is 11.5. The summed E-state index contributed by atoms with van der Waals surface area (Å²) in [6, 6.07) is 14.3. The summed E-state index contributed by atoms with van der Waals surface area (Å²) < 4.78 is 2.23. The van der Waals surface area contributed by atoms with Crippen LogP contribution in [0.1, 0.15) is 79.4 Å². The molecular weight excluding hydrogens is 462 g/mol. The van der Waals surface area contributed by atoms with E-state index in [-0.39, 0.29) is 23.8 Å². The molecule has 0 unspecified atom stereocenters. The molecule has 1 aromatic heterocycles. The molecule has 196 valence electrons. The summed E-state index contributed by atoms with van der Waals surface area (Å²) in [5, 5.41) is 6.09. The number of likely N-dealkylation sites (tertiary alicyclic amines) is 1. The van der Waals surface area contributed by atoms with E-state index in [1.54, 1.807) is 0 Å². The SMILES string of the molecule is CCNC(=O)[C@H]1CC[C@@H](n2c(NC(=O)c3ccc(C)cc3)nc3ccc(CN4CCCCC4)cc32)CC1. The number of fused-ring (bicyclic) bond motifs is 1. The number of rotatable bonds is 7. The van der Waals surface area contributed by atoms with Gasteiger partial charge in [0, 0.05) is 30.6 Å². The third-order valence-corrected chi connectivity index (χ3v) is 7.93. The number of amides is 2. The number of piperidine rings is 1. The number of aromatic nitrogens is 2. The van der Waals surface area contributed by atoms with Gasteiger partial charge in [-0.2, -0.15) is 0 Å². The summed E-state index contributed by atoms with van der Waals surface area (Å²) in [6.45, 7) is 7.89. The molecule has 7 heteroatoms. The molecule has 2 heterocycles. The van der Waals surface area contributed by atoms with Crippen molar-refractivity contribution < 1.29 is 9.59 Å². The Hall–Kier alpha value is -3.19. The molecule has 5 rings (SSSR count). The highest BCUT2D eigenvalue weighted by molar-refractivity contribution is 6.04. The van der Waals surface area contributed by atoms with Crippen LogP contribution in [0, 0.1) is 12.8 Å². The van der Waals surface area contributed by atoms with Crippen LogP contribution >= 0.6 is 0 Å². The van der Waals surface area contributed by atoms with Crippen molar-refractivity contribution in [1.29, 1.82) is 0 Å². The van der Waals surface area contributed by atoms with E-state index in [0.717, 1.165) is 61.9 Å². The van der Waals surface area contributed by atoms with Gasteiger partial charge in [0.05, 0.1) is 11.0 Å². The van der Waals surface area contributed by atoms with Crippen LogP contribution in [-0.4, -0.2) is 45.9 Å². The molecule has 2 N–H and O–H groups in total. The molecule has 2 fully saturated rings. The summed E-state index contributed by atoms with van der Waals surface area (Å²) >= 11 is 0. The zero-order valence-corrected chi connectivity index (χ0v) is 22.1. The molecule has 1 saturated carbocycles. The number of carbonyl (C=O) groups excluding carboxylic acids is 2. The van der Waals surface area contributed by atoms with Gasteiger partial charge >= 0.3 is 0 Å². The molecule has 0 bridgehead atoms. The number of benzene rings is 2. The Morgan fingerprint density at radius 3 is 2.41 bits per heavy atom. The smallest absolute Gasteiger partial charge is 0.257 e. The third-order valence-electron chi connectivity index (χ3n) is 7.93. The van der Waals surface area contributed by atoms with Crippen molar-refractivity contribution in [1.82, 2.24) is 19.8 Å². The molecule has 2 amide bonds. The molecule has 0 atom stereocenters. The van der Waals surface area contributed by atoms with Gasteiger partial charge < -0.3 is 9.88 Å². The number of carbonyl (C=O) groups is 2.